The Morgan fingerprint density at radius 1 is 1.15 bits per heavy atom. The molecule has 0 saturated carbocycles. The molecule has 0 bridgehead atoms. The SMILES string of the molecule is [C-]#[N+]Cc1cc(OCCC2CCCN(C(=O)C[C@H](NC(=O)OCc3ccccc3)C(=O)OC(C)(C)C)C2)ccc1C. The average molecular weight is 564 g/mol. The second-order valence-electron chi connectivity index (χ2n) is 11.4. The van der Waals surface area contributed by atoms with Crippen LogP contribution < -0.4 is 10.1 Å². The predicted molar refractivity (Wildman–Crippen MR) is 155 cm³/mol. The molecule has 220 valence electrons. The standard InChI is InChI=1S/C32H41N3O6/c1-23-13-14-27(18-26(23)20-33-5)39-17-15-24-12-9-16-35(21-24)29(36)19-28(30(37)41-32(2,3)4)34-31(38)40-22-25-10-7-6-8-11-25/h6-8,10-11,13-14,18,24,28H,9,12,15-17,19-22H2,1-4H3,(H,34,38)/t24?,28-/m0/s1. The van der Waals surface area contributed by atoms with Gasteiger partial charge in [0.2, 0.25) is 12.5 Å². The number of rotatable bonds is 11. The summed E-state index contributed by atoms with van der Waals surface area (Å²) >= 11 is 0. The number of benzene rings is 2. The highest BCUT2D eigenvalue weighted by molar-refractivity contribution is 5.88. The van der Waals surface area contributed by atoms with Gasteiger partial charge in [-0.15, -0.1) is 0 Å². The molecule has 9 nitrogen and oxygen atoms in total. The Morgan fingerprint density at radius 2 is 1.90 bits per heavy atom. The lowest BCUT2D eigenvalue weighted by atomic mass is 9.94. The highest BCUT2D eigenvalue weighted by Crippen LogP contribution is 2.23. The van der Waals surface area contributed by atoms with Gasteiger partial charge >= 0.3 is 12.1 Å². The van der Waals surface area contributed by atoms with Crippen molar-refractivity contribution in [2.24, 2.45) is 5.92 Å². The van der Waals surface area contributed by atoms with Crippen LogP contribution in [-0.4, -0.2) is 54.2 Å². The van der Waals surface area contributed by atoms with Crippen LogP contribution in [0.5, 0.6) is 5.75 Å². The molecule has 2 amide bonds. The van der Waals surface area contributed by atoms with Crippen LogP contribution in [0.1, 0.15) is 63.1 Å². The molecule has 1 fully saturated rings. The van der Waals surface area contributed by atoms with E-state index in [-0.39, 0.29) is 24.9 Å². The molecule has 1 unspecified atom stereocenters. The van der Waals surface area contributed by atoms with E-state index in [1.165, 1.54) is 0 Å². The van der Waals surface area contributed by atoms with Crippen LogP contribution in [0.4, 0.5) is 4.79 Å². The summed E-state index contributed by atoms with van der Waals surface area (Å²) in [5.41, 5.74) is 2.06. The smallest absolute Gasteiger partial charge is 0.408 e. The van der Waals surface area contributed by atoms with E-state index >= 15 is 0 Å². The zero-order valence-corrected chi connectivity index (χ0v) is 24.5. The molecule has 1 aliphatic rings. The quantitative estimate of drug-likeness (QED) is 0.288. The number of esters is 1. The molecule has 0 aliphatic carbocycles. The monoisotopic (exact) mass is 563 g/mol. The lowest BCUT2D eigenvalue weighted by molar-refractivity contribution is -0.159. The Labute approximate surface area is 243 Å². The van der Waals surface area contributed by atoms with Crippen LogP contribution >= 0.6 is 0 Å². The number of hydrogen-bond donors (Lipinski definition) is 1. The summed E-state index contributed by atoms with van der Waals surface area (Å²) in [6.07, 6.45) is 1.59. The topological polar surface area (TPSA) is 98.5 Å². The number of ether oxygens (including phenoxy) is 3. The molecule has 2 aromatic rings. The number of amides is 2. The molecule has 3 rings (SSSR count). The van der Waals surface area contributed by atoms with Gasteiger partial charge in [0, 0.05) is 18.7 Å². The summed E-state index contributed by atoms with van der Waals surface area (Å²) in [7, 11) is 0. The Balaban J connectivity index is 1.54. The van der Waals surface area contributed by atoms with E-state index in [0.29, 0.717) is 26.2 Å². The molecule has 1 heterocycles. The van der Waals surface area contributed by atoms with Gasteiger partial charge in [0.05, 0.1) is 13.0 Å². The molecule has 1 saturated heterocycles. The molecule has 0 aromatic heterocycles. The molecule has 2 aromatic carbocycles. The third-order valence-electron chi connectivity index (χ3n) is 6.81. The maximum atomic E-state index is 13.3. The Kier molecular flexibility index (Phi) is 11.6. The van der Waals surface area contributed by atoms with Crippen molar-refractivity contribution in [3.05, 3.63) is 76.6 Å². The first-order valence-corrected chi connectivity index (χ1v) is 14.1. The van der Waals surface area contributed by atoms with Crippen molar-refractivity contribution in [1.82, 2.24) is 10.2 Å². The Bertz CT molecular complexity index is 1220. The Hall–Kier alpha value is -4.06. The molecule has 1 N–H and O–H groups in total. The fraction of sp³-hybridized carbons (Fsp3) is 0.500. The van der Waals surface area contributed by atoms with Gasteiger partial charge in [-0.25, -0.2) is 16.2 Å². The van der Waals surface area contributed by atoms with Gasteiger partial charge in [0.25, 0.3) is 0 Å². The molecule has 9 heteroatoms. The summed E-state index contributed by atoms with van der Waals surface area (Å²) < 4.78 is 16.7. The van der Waals surface area contributed by atoms with Crippen LogP contribution in [0.3, 0.4) is 0 Å². The molecule has 0 radical (unpaired) electrons. The van der Waals surface area contributed by atoms with E-state index in [2.05, 4.69) is 10.2 Å². The van der Waals surface area contributed by atoms with Crippen molar-refractivity contribution in [2.75, 3.05) is 19.7 Å². The van der Waals surface area contributed by atoms with Crippen molar-refractivity contribution in [1.29, 1.82) is 0 Å². The fourth-order valence-corrected chi connectivity index (χ4v) is 4.64. The first-order chi connectivity index (χ1) is 19.5. The van der Waals surface area contributed by atoms with Crippen LogP contribution in [0.2, 0.25) is 0 Å². The number of piperidine rings is 1. The minimum absolute atomic E-state index is 0.0427. The molecule has 0 spiro atoms. The minimum Gasteiger partial charge on any atom is -0.494 e. The van der Waals surface area contributed by atoms with Gasteiger partial charge in [-0.2, -0.15) is 0 Å². The van der Waals surface area contributed by atoms with E-state index in [1.807, 2.05) is 55.5 Å². The maximum Gasteiger partial charge on any atom is 0.408 e. The average Bonchev–Trinajstić information content (AvgIpc) is 2.93. The summed E-state index contributed by atoms with van der Waals surface area (Å²) in [6.45, 7) is 16.3. The van der Waals surface area contributed by atoms with Crippen LogP contribution in [0.15, 0.2) is 48.5 Å². The fourth-order valence-electron chi connectivity index (χ4n) is 4.64. The van der Waals surface area contributed by atoms with E-state index in [4.69, 9.17) is 20.8 Å². The number of aryl methyl sites for hydroxylation is 1. The zero-order chi connectivity index (χ0) is 29.8. The lowest BCUT2D eigenvalue weighted by Crippen LogP contribution is -2.49. The normalized spacial score (nSPS) is 15.8. The highest BCUT2D eigenvalue weighted by atomic mass is 16.6. The van der Waals surface area contributed by atoms with E-state index in [1.54, 1.807) is 25.7 Å². The second-order valence-corrected chi connectivity index (χ2v) is 11.4. The minimum atomic E-state index is -1.17. The van der Waals surface area contributed by atoms with Crippen LogP contribution in [0, 0.1) is 19.4 Å². The lowest BCUT2D eigenvalue weighted by Gasteiger charge is -2.34. The van der Waals surface area contributed by atoms with Crippen LogP contribution in [0.25, 0.3) is 4.85 Å². The van der Waals surface area contributed by atoms with Gasteiger partial charge in [-0.1, -0.05) is 36.4 Å². The van der Waals surface area contributed by atoms with Crippen molar-refractivity contribution in [3.8, 4) is 5.75 Å². The number of hydrogen-bond acceptors (Lipinski definition) is 6. The van der Waals surface area contributed by atoms with E-state index in [9.17, 15) is 14.4 Å². The number of likely N-dealkylation sites (tertiary alicyclic amines) is 1. The predicted octanol–water partition coefficient (Wildman–Crippen LogP) is 5.45. The van der Waals surface area contributed by atoms with Crippen LogP contribution in [-0.2, 0) is 32.2 Å². The zero-order valence-electron chi connectivity index (χ0n) is 24.5. The Morgan fingerprint density at radius 3 is 2.61 bits per heavy atom. The maximum absolute atomic E-state index is 13.3. The van der Waals surface area contributed by atoms with E-state index < -0.39 is 23.7 Å². The van der Waals surface area contributed by atoms with Gasteiger partial charge in [0.1, 0.15) is 24.0 Å². The highest BCUT2D eigenvalue weighted by Gasteiger charge is 2.32. The summed E-state index contributed by atoms with van der Waals surface area (Å²) in [5.74, 6) is 0.0883. The van der Waals surface area contributed by atoms with Crippen molar-refractivity contribution in [3.63, 3.8) is 0 Å². The van der Waals surface area contributed by atoms with Gasteiger partial charge < -0.3 is 29.3 Å². The molecule has 1 aliphatic heterocycles. The van der Waals surface area contributed by atoms with Gasteiger partial charge in [-0.05, 0) is 76.1 Å². The summed E-state index contributed by atoms with van der Waals surface area (Å²) in [4.78, 5) is 43.9. The second kappa shape index (κ2) is 15.1. The number of nitrogens with zero attached hydrogens (tertiary/aromatic N) is 2. The number of carbonyl (C=O) groups is 3. The number of alkyl carbamates (subject to hydrolysis) is 1. The first kappa shape index (κ1) is 31.5. The third kappa shape index (κ3) is 10.8. The molecule has 41 heavy (non-hydrogen) atoms. The first-order valence-electron chi connectivity index (χ1n) is 14.1. The number of carbonyl (C=O) groups excluding carboxylic acids is 3. The van der Waals surface area contributed by atoms with Gasteiger partial charge in [0.15, 0.2) is 0 Å². The van der Waals surface area contributed by atoms with Crippen molar-refractivity contribution < 1.29 is 28.6 Å². The van der Waals surface area contributed by atoms with Crippen molar-refractivity contribution >= 4 is 18.0 Å². The summed E-state index contributed by atoms with van der Waals surface area (Å²) in [5, 5.41) is 2.54. The molecule has 2 atom stereocenters. The van der Waals surface area contributed by atoms with E-state index in [0.717, 1.165) is 41.7 Å². The summed E-state index contributed by atoms with van der Waals surface area (Å²) in [6, 6.07) is 13.8. The van der Waals surface area contributed by atoms with Gasteiger partial charge in [-0.3, -0.25) is 4.79 Å². The number of nitrogens with one attached hydrogen (secondary N) is 1. The molecular weight excluding hydrogens is 522 g/mol. The van der Waals surface area contributed by atoms with Crippen molar-refractivity contribution in [2.45, 2.75) is 78.2 Å². The largest absolute Gasteiger partial charge is 0.494 e. The third-order valence-corrected chi connectivity index (χ3v) is 6.81. The molecular formula is C32H41N3O6.